The molecule has 0 aromatic carbocycles. The lowest BCUT2D eigenvalue weighted by molar-refractivity contribution is 0.0950. The summed E-state index contributed by atoms with van der Waals surface area (Å²) in [7, 11) is 0. The van der Waals surface area contributed by atoms with E-state index in [2.05, 4.69) is 29.1 Å². The molecule has 0 radical (unpaired) electrons. The van der Waals surface area contributed by atoms with Crippen LogP contribution in [0.15, 0.2) is 29.5 Å². The standard InChI is InChI=1S/C18H26N4O2/c1-13(2)6-11-22-12-7-14(3)16(18(22)24)17(23)21-8-4-5-15-19-9-10-20-15/h7,9-10,12-13H,4-6,8,11H2,1-3H3,(H,19,20)(H,21,23). The number of carbonyl (C=O) groups is 1. The number of aromatic amines is 1. The Bertz CT molecular complexity index is 717. The van der Waals surface area contributed by atoms with Crippen molar-refractivity contribution < 1.29 is 4.79 Å². The average Bonchev–Trinajstić information content (AvgIpc) is 3.04. The molecule has 0 bridgehead atoms. The average molecular weight is 330 g/mol. The van der Waals surface area contributed by atoms with E-state index in [0.717, 1.165) is 25.1 Å². The van der Waals surface area contributed by atoms with Gasteiger partial charge in [-0.05, 0) is 37.3 Å². The molecule has 2 rings (SSSR count). The molecule has 0 saturated carbocycles. The number of pyridine rings is 1. The van der Waals surface area contributed by atoms with Crippen molar-refractivity contribution in [1.82, 2.24) is 19.9 Å². The maximum Gasteiger partial charge on any atom is 0.263 e. The molecule has 0 saturated heterocycles. The highest BCUT2D eigenvalue weighted by atomic mass is 16.2. The van der Waals surface area contributed by atoms with Crippen LogP contribution in [0.25, 0.3) is 0 Å². The van der Waals surface area contributed by atoms with Crippen molar-refractivity contribution in [3.05, 3.63) is 52.0 Å². The summed E-state index contributed by atoms with van der Waals surface area (Å²) in [5.41, 5.74) is 0.753. The number of nitrogens with zero attached hydrogens (tertiary/aromatic N) is 2. The molecule has 0 spiro atoms. The van der Waals surface area contributed by atoms with Gasteiger partial charge in [-0.2, -0.15) is 0 Å². The summed E-state index contributed by atoms with van der Waals surface area (Å²) in [6, 6.07) is 1.83. The Hall–Kier alpha value is -2.37. The fourth-order valence-corrected chi connectivity index (χ4v) is 2.50. The third-order valence-corrected chi connectivity index (χ3v) is 3.98. The lowest BCUT2D eigenvalue weighted by Crippen LogP contribution is -2.34. The third-order valence-electron chi connectivity index (χ3n) is 3.98. The molecular formula is C18H26N4O2. The lowest BCUT2D eigenvalue weighted by Gasteiger charge is -2.12. The van der Waals surface area contributed by atoms with Crippen LogP contribution in [0.5, 0.6) is 0 Å². The first-order chi connectivity index (χ1) is 11.5. The number of H-pyrrole nitrogens is 1. The quantitative estimate of drug-likeness (QED) is 0.729. The number of nitrogens with one attached hydrogen (secondary N) is 2. The van der Waals surface area contributed by atoms with Gasteiger partial charge in [-0.3, -0.25) is 9.59 Å². The third kappa shape index (κ3) is 4.81. The minimum Gasteiger partial charge on any atom is -0.352 e. The van der Waals surface area contributed by atoms with E-state index in [-0.39, 0.29) is 17.0 Å². The Morgan fingerprint density at radius 1 is 1.42 bits per heavy atom. The SMILES string of the molecule is Cc1ccn(CCC(C)C)c(=O)c1C(=O)NCCCc1ncc[nH]1. The van der Waals surface area contributed by atoms with E-state index in [0.29, 0.717) is 24.6 Å². The Balaban J connectivity index is 1.97. The van der Waals surface area contributed by atoms with E-state index in [1.807, 2.05) is 6.07 Å². The van der Waals surface area contributed by atoms with Crippen LogP contribution >= 0.6 is 0 Å². The molecule has 6 heteroatoms. The molecule has 2 N–H and O–H groups in total. The molecular weight excluding hydrogens is 304 g/mol. The summed E-state index contributed by atoms with van der Waals surface area (Å²) in [5.74, 6) is 1.11. The first kappa shape index (κ1) is 18.0. The second-order valence-electron chi connectivity index (χ2n) is 6.45. The monoisotopic (exact) mass is 330 g/mol. The molecule has 0 atom stereocenters. The van der Waals surface area contributed by atoms with Gasteiger partial charge in [0.2, 0.25) is 0 Å². The molecule has 0 aliphatic carbocycles. The Kier molecular flexibility index (Phi) is 6.35. The van der Waals surface area contributed by atoms with Crippen molar-refractivity contribution in [1.29, 1.82) is 0 Å². The van der Waals surface area contributed by atoms with Crippen LogP contribution in [0.4, 0.5) is 0 Å². The molecule has 2 aromatic rings. The molecule has 24 heavy (non-hydrogen) atoms. The van der Waals surface area contributed by atoms with Crippen molar-refractivity contribution >= 4 is 5.91 Å². The number of aryl methyl sites for hydroxylation is 3. The fourth-order valence-electron chi connectivity index (χ4n) is 2.50. The smallest absolute Gasteiger partial charge is 0.263 e. The van der Waals surface area contributed by atoms with E-state index in [9.17, 15) is 9.59 Å². The van der Waals surface area contributed by atoms with Crippen molar-refractivity contribution in [2.75, 3.05) is 6.54 Å². The summed E-state index contributed by atoms with van der Waals surface area (Å²) in [6.45, 7) is 7.18. The van der Waals surface area contributed by atoms with Gasteiger partial charge in [0.25, 0.3) is 11.5 Å². The molecule has 0 unspecified atom stereocenters. The second-order valence-corrected chi connectivity index (χ2v) is 6.45. The van der Waals surface area contributed by atoms with E-state index in [1.54, 1.807) is 30.1 Å². The lowest BCUT2D eigenvalue weighted by atomic mass is 10.1. The zero-order valence-electron chi connectivity index (χ0n) is 14.6. The summed E-state index contributed by atoms with van der Waals surface area (Å²) in [5, 5.41) is 2.84. The van der Waals surface area contributed by atoms with Gasteiger partial charge in [-0.15, -0.1) is 0 Å². The van der Waals surface area contributed by atoms with Gasteiger partial charge < -0.3 is 14.9 Å². The molecule has 2 heterocycles. The predicted octanol–water partition coefficient (Wildman–Crippen LogP) is 2.29. The fraction of sp³-hybridized carbons (Fsp3) is 0.500. The predicted molar refractivity (Wildman–Crippen MR) is 94.1 cm³/mol. The van der Waals surface area contributed by atoms with Gasteiger partial charge in [-0.25, -0.2) is 4.98 Å². The van der Waals surface area contributed by atoms with E-state index < -0.39 is 0 Å². The molecule has 0 fully saturated rings. The normalized spacial score (nSPS) is 11.0. The van der Waals surface area contributed by atoms with Crippen LogP contribution in [0.2, 0.25) is 0 Å². The Morgan fingerprint density at radius 2 is 2.21 bits per heavy atom. The largest absolute Gasteiger partial charge is 0.352 e. The van der Waals surface area contributed by atoms with Crippen LogP contribution in [0, 0.1) is 12.8 Å². The van der Waals surface area contributed by atoms with Crippen molar-refractivity contribution in [2.24, 2.45) is 5.92 Å². The molecule has 0 aliphatic heterocycles. The van der Waals surface area contributed by atoms with Crippen LogP contribution in [0.1, 0.15) is 48.4 Å². The summed E-state index contributed by atoms with van der Waals surface area (Å²) >= 11 is 0. The summed E-state index contributed by atoms with van der Waals surface area (Å²) in [6.07, 6.45) is 7.70. The number of rotatable bonds is 8. The van der Waals surface area contributed by atoms with Crippen molar-refractivity contribution in [3.63, 3.8) is 0 Å². The topological polar surface area (TPSA) is 79.8 Å². The first-order valence-electron chi connectivity index (χ1n) is 8.45. The van der Waals surface area contributed by atoms with Crippen LogP contribution in [-0.4, -0.2) is 27.0 Å². The van der Waals surface area contributed by atoms with Gasteiger partial charge >= 0.3 is 0 Å². The second kappa shape index (κ2) is 8.47. The number of amides is 1. The highest BCUT2D eigenvalue weighted by Gasteiger charge is 2.15. The zero-order chi connectivity index (χ0) is 17.5. The molecule has 130 valence electrons. The molecule has 0 aliphatic rings. The van der Waals surface area contributed by atoms with Gasteiger partial charge in [0, 0.05) is 38.1 Å². The highest BCUT2D eigenvalue weighted by Crippen LogP contribution is 2.05. The van der Waals surface area contributed by atoms with Gasteiger partial charge in [0.05, 0.1) is 0 Å². The van der Waals surface area contributed by atoms with E-state index in [1.165, 1.54) is 0 Å². The van der Waals surface area contributed by atoms with E-state index in [4.69, 9.17) is 0 Å². The molecule has 1 amide bonds. The number of aromatic nitrogens is 3. The maximum absolute atomic E-state index is 12.6. The van der Waals surface area contributed by atoms with Crippen molar-refractivity contribution in [3.8, 4) is 0 Å². The maximum atomic E-state index is 12.6. The number of hydrogen-bond donors (Lipinski definition) is 2. The van der Waals surface area contributed by atoms with Gasteiger partial charge in [-0.1, -0.05) is 13.8 Å². The highest BCUT2D eigenvalue weighted by molar-refractivity contribution is 5.95. The van der Waals surface area contributed by atoms with Crippen LogP contribution in [0.3, 0.4) is 0 Å². The first-order valence-corrected chi connectivity index (χ1v) is 8.45. The molecule has 6 nitrogen and oxygen atoms in total. The minimum atomic E-state index is -0.296. The van der Waals surface area contributed by atoms with Gasteiger partial charge in [0.1, 0.15) is 11.4 Å². The number of imidazole rings is 1. The number of carbonyl (C=O) groups excluding carboxylic acids is 1. The minimum absolute atomic E-state index is 0.209. The van der Waals surface area contributed by atoms with E-state index >= 15 is 0 Å². The Morgan fingerprint density at radius 3 is 2.88 bits per heavy atom. The summed E-state index contributed by atoms with van der Waals surface area (Å²) < 4.78 is 1.63. The van der Waals surface area contributed by atoms with Crippen LogP contribution in [-0.2, 0) is 13.0 Å². The molecule has 2 aromatic heterocycles. The van der Waals surface area contributed by atoms with Crippen molar-refractivity contribution in [2.45, 2.75) is 46.6 Å². The zero-order valence-corrected chi connectivity index (χ0v) is 14.6. The number of hydrogen-bond acceptors (Lipinski definition) is 3. The Labute approximate surface area is 142 Å². The van der Waals surface area contributed by atoms with Crippen LogP contribution < -0.4 is 10.9 Å². The van der Waals surface area contributed by atoms with Gasteiger partial charge in [0.15, 0.2) is 0 Å². The summed E-state index contributed by atoms with van der Waals surface area (Å²) in [4.78, 5) is 32.1.